The maximum absolute atomic E-state index is 13.4. The number of methoxy groups -OCH3 is 2. The number of phenols is 1. The monoisotopic (exact) mass is 969 g/mol. The number of esters is 1. The van der Waals surface area contributed by atoms with E-state index in [1.54, 1.807) is 55.5 Å². The van der Waals surface area contributed by atoms with E-state index in [0.717, 1.165) is 16.3 Å². The summed E-state index contributed by atoms with van der Waals surface area (Å²) in [6.45, 7) is 3.80. The normalized spacial score (nSPS) is 27.2. The molecule has 10 atom stereocenters. The van der Waals surface area contributed by atoms with Crippen molar-refractivity contribution in [1.82, 2.24) is 9.78 Å². The molecule has 5 aliphatic rings. The number of cyclic esters (lactones) is 1. The number of aliphatic hydroxyl groups excluding tert-OH is 2. The van der Waals surface area contributed by atoms with Crippen LogP contribution in [0.3, 0.4) is 0 Å². The van der Waals surface area contributed by atoms with Crippen molar-refractivity contribution in [1.29, 1.82) is 0 Å². The van der Waals surface area contributed by atoms with Crippen LogP contribution in [0, 0.1) is 18.8 Å². The molecule has 4 aromatic carbocycles. The zero-order valence-electron chi connectivity index (χ0n) is 36.7. The van der Waals surface area contributed by atoms with Gasteiger partial charge in [0.25, 0.3) is 0 Å². The van der Waals surface area contributed by atoms with Gasteiger partial charge >= 0.3 is 12.1 Å². The van der Waals surface area contributed by atoms with Gasteiger partial charge in [0.15, 0.2) is 41.3 Å². The van der Waals surface area contributed by atoms with E-state index in [4.69, 9.17) is 47.8 Å². The van der Waals surface area contributed by atoms with Gasteiger partial charge in [0.05, 0.1) is 55.7 Å². The number of nitrogens with two attached hydrogens (primary N) is 1. The number of ether oxygens (including phenoxy) is 9. The molecule has 3 saturated heterocycles. The lowest BCUT2D eigenvalue weighted by Gasteiger charge is -2.47. The summed E-state index contributed by atoms with van der Waals surface area (Å²) >= 11 is 0. The minimum atomic E-state index is -4.61. The molecule has 68 heavy (non-hydrogen) atoms. The summed E-state index contributed by atoms with van der Waals surface area (Å²) in [6.07, 6.45) is -11.4. The largest absolute Gasteiger partial charge is 0.502 e. The average molecular weight is 970 g/mol. The van der Waals surface area contributed by atoms with Gasteiger partial charge in [0, 0.05) is 17.4 Å². The van der Waals surface area contributed by atoms with Gasteiger partial charge in [-0.15, -0.1) is 0 Å². The summed E-state index contributed by atoms with van der Waals surface area (Å²) in [5.41, 5.74) is 3.01. The predicted molar refractivity (Wildman–Crippen MR) is 228 cm³/mol. The van der Waals surface area contributed by atoms with Crippen molar-refractivity contribution in [3.63, 3.8) is 0 Å². The van der Waals surface area contributed by atoms with Crippen LogP contribution < -0.4 is 24.1 Å². The molecule has 0 bridgehead atoms. The fourth-order valence-electron chi connectivity index (χ4n) is 9.16. The van der Waals surface area contributed by atoms with E-state index < -0.39 is 88.7 Å². The molecule has 3 fully saturated rings. The summed E-state index contributed by atoms with van der Waals surface area (Å²) in [5.74, 6) is -1.02. The van der Waals surface area contributed by atoms with Crippen LogP contribution in [0.5, 0.6) is 28.7 Å². The summed E-state index contributed by atoms with van der Waals surface area (Å²) in [5, 5.41) is 41.2. The van der Waals surface area contributed by atoms with Crippen molar-refractivity contribution in [2.75, 3.05) is 34.2 Å². The second-order valence-corrected chi connectivity index (χ2v) is 18.3. The van der Waals surface area contributed by atoms with Crippen LogP contribution in [-0.2, 0) is 44.7 Å². The molecule has 10 rings (SSSR count). The molecule has 0 radical (unpaired) electrons. The number of alkyl halides is 3. The van der Waals surface area contributed by atoms with Crippen LogP contribution in [0.1, 0.15) is 46.9 Å². The van der Waals surface area contributed by atoms with Crippen molar-refractivity contribution in [2.45, 2.75) is 73.9 Å². The van der Waals surface area contributed by atoms with Gasteiger partial charge in [-0.05, 0) is 85.1 Å². The van der Waals surface area contributed by atoms with Gasteiger partial charge in [0.2, 0.25) is 22.6 Å². The molecule has 4 aliphatic heterocycles. The number of phenolic OH excluding ortho intramolecular Hbond substituents is 1. The standard InChI is InChI=1S/C29H32O13.C17H14F3N3O2S/c1-11-36-9-20-27(40-11)24(31)25(32)29(41-20)42-26-14-7-17-16(38-10-39-17)6-13(14)21(22-15(26)8-37-28(22)33)12-4-18(34-2)23(30)19(5-12)35-3;1-11-2-4-12(5-3-11)15-10-16(17(18,19)20)22-23(15)13-6-8-14(9-7-13)26(21,24)25/h4-7,11,15,20-22,24-27,29-32H,8-10H2,1-3H3;2-10H,1H3,(H2,21,24,25)/t11-,15?,20-,21-,22+,24-,25-,26?,27-,29+;/m1./s1. The first kappa shape index (κ1) is 47.1. The van der Waals surface area contributed by atoms with Gasteiger partial charge in [-0.3, -0.25) is 4.79 Å². The van der Waals surface area contributed by atoms with Gasteiger partial charge in [-0.2, -0.15) is 18.3 Å². The summed E-state index contributed by atoms with van der Waals surface area (Å²) in [4.78, 5) is 13.2. The summed E-state index contributed by atoms with van der Waals surface area (Å²) in [7, 11) is -1.04. The number of aromatic nitrogens is 2. The molecule has 0 spiro atoms. The van der Waals surface area contributed by atoms with Crippen LogP contribution in [0.15, 0.2) is 83.8 Å². The van der Waals surface area contributed by atoms with E-state index in [1.807, 2.05) is 6.92 Å². The Balaban J connectivity index is 0.000000191. The van der Waals surface area contributed by atoms with E-state index in [0.29, 0.717) is 33.8 Å². The summed E-state index contributed by atoms with van der Waals surface area (Å²) in [6, 6.07) is 20.0. The molecule has 0 amide bonds. The zero-order chi connectivity index (χ0) is 48.4. The fourth-order valence-corrected chi connectivity index (χ4v) is 9.67. The Morgan fingerprint density at radius 1 is 0.853 bits per heavy atom. The number of carbonyl (C=O) groups is 1. The number of hydrogen-bond acceptors (Lipinski definition) is 16. The van der Waals surface area contributed by atoms with Crippen LogP contribution >= 0.6 is 0 Å². The van der Waals surface area contributed by atoms with Crippen molar-refractivity contribution in [3.8, 4) is 45.7 Å². The lowest BCUT2D eigenvalue weighted by Crippen LogP contribution is -2.63. The first-order chi connectivity index (χ1) is 32.3. The Morgan fingerprint density at radius 2 is 1.50 bits per heavy atom. The van der Waals surface area contributed by atoms with Crippen LogP contribution in [-0.4, -0.2) is 111 Å². The van der Waals surface area contributed by atoms with Crippen LogP contribution in [0.4, 0.5) is 13.2 Å². The van der Waals surface area contributed by atoms with Crippen molar-refractivity contribution < 1.29 is 84.3 Å². The molecule has 362 valence electrons. The number of rotatable bonds is 8. The van der Waals surface area contributed by atoms with Crippen molar-refractivity contribution >= 4 is 16.0 Å². The molecule has 5 heterocycles. The molecule has 0 saturated carbocycles. The molecule has 18 nitrogen and oxygen atoms in total. The zero-order valence-corrected chi connectivity index (χ0v) is 37.5. The molecule has 22 heteroatoms. The maximum Gasteiger partial charge on any atom is 0.435 e. The third-order valence-electron chi connectivity index (χ3n) is 12.5. The molecule has 5 N–H and O–H groups in total. The molecule has 5 aromatic rings. The number of hydrogen-bond donors (Lipinski definition) is 4. The highest BCUT2D eigenvalue weighted by molar-refractivity contribution is 7.89. The highest BCUT2D eigenvalue weighted by atomic mass is 32.2. The number of nitrogens with zero attached hydrogens (tertiary/aromatic N) is 2. The number of carbonyl (C=O) groups excluding carboxylic acids is 1. The minimum Gasteiger partial charge on any atom is -0.502 e. The minimum absolute atomic E-state index is 0.0301. The van der Waals surface area contributed by atoms with Crippen molar-refractivity contribution in [3.05, 3.63) is 107 Å². The Morgan fingerprint density at radius 3 is 2.12 bits per heavy atom. The third kappa shape index (κ3) is 8.81. The lowest BCUT2D eigenvalue weighted by atomic mass is 9.66. The maximum atomic E-state index is 13.4. The van der Waals surface area contributed by atoms with E-state index in [1.165, 1.54) is 38.5 Å². The number of aromatic hydroxyl groups is 1. The molecule has 2 unspecified atom stereocenters. The highest BCUT2D eigenvalue weighted by Crippen LogP contribution is 2.57. The van der Waals surface area contributed by atoms with E-state index in [2.05, 4.69) is 5.10 Å². The molecule has 1 aromatic heterocycles. The van der Waals surface area contributed by atoms with Crippen LogP contribution in [0.2, 0.25) is 0 Å². The number of aliphatic hydroxyl groups is 2. The Labute approximate surface area is 386 Å². The number of halogens is 3. The smallest absolute Gasteiger partial charge is 0.435 e. The Bertz CT molecular complexity index is 2780. The topological polar surface area (TPSA) is 239 Å². The number of fused-ring (bicyclic) bond motifs is 4. The second-order valence-electron chi connectivity index (χ2n) is 16.7. The number of benzene rings is 4. The molecule has 1 aliphatic carbocycles. The van der Waals surface area contributed by atoms with E-state index >= 15 is 0 Å². The molecular weight excluding hydrogens is 924 g/mol. The fraction of sp³-hybridized carbons (Fsp3) is 0.391. The Hall–Kier alpha value is -5.98. The first-order valence-corrected chi connectivity index (χ1v) is 22.8. The van der Waals surface area contributed by atoms with Crippen molar-refractivity contribution in [2.24, 2.45) is 17.0 Å². The highest BCUT2D eigenvalue weighted by Gasteiger charge is 2.56. The predicted octanol–water partition coefficient (Wildman–Crippen LogP) is 4.85. The SMILES string of the molecule is COc1cc([C@@H]2c3cc4c(cc3C(O[C@@H]3O[C@@H]5CO[C@@H](C)O[C@H]5[C@H](O)[C@H]3O)C3COC(=O)[C@@H]32)OCO4)cc(OC)c1O.Cc1ccc(-c2cc(C(F)(F)F)nn2-c2ccc(S(N)(=O)=O)cc2)cc1. The quantitative estimate of drug-likeness (QED) is 0.152. The number of sulfonamides is 1. The van der Waals surface area contributed by atoms with Crippen LogP contribution in [0.25, 0.3) is 16.9 Å². The van der Waals surface area contributed by atoms with E-state index in [-0.39, 0.29) is 53.5 Å². The molecular formula is C46H46F3N3O15S. The summed E-state index contributed by atoms with van der Waals surface area (Å²) < 4.78 is 115. The Kier molecular flexibility index (Phi) is 12.6. The number of primary sulfonamides is 1. The lowest BCUT2D eigenvalue weighted by molar-refractivity contribution is -0.364. The first-order valence-electron chi connectivity index (χ1n) is 21.2. The number of aryl methyl sites for hydroxylation is 1. The van der Waals surface area contributed by atoms with E-state index in [9.17, 15) is 41.7 Å². The third-order valence-corrected chi connectivity index (χ3v) is 13.4. The average Bonchev–Trinajstić information content (AvgIpc) is 4.07. The second kappa shape index (κ2) is 18.2. The van der Waals surface area contributed by atoms with Gasteiger partial charge in [-0.1, -0.05) is 29.8 Å². The van der Waals surface area contributed by atoms with Gasteiger partial charge in [0.1, 0.15) is 24.4 Å². The van der Waals surface area contributed by atoms with Gasteiger partial charge < -0.3 is 58.0 Å². The van der Waals surface area contributed by atoms with Gasteiger partial charge in [-0.25, -0.2) is 18.2 Å².